The zero-order chi connectivity index (χ0) is 19.2. The highest BCUT2D eigenvalue weighted by Crippen LogP contribution is 2.26. The molecule has 142 valence electrons. The molecule has 2 aromatic rings. The van der Waals surface area contributed by atoms with Crippen molar-refractivity contribution in [2.24, 2.45) is 0 Å². The van der Waals surface area contributed by atoms with E-state index >= 15 is 0 Å². The third-order valence-electron chi connectivity index (χ3n) is 4.38. The summed E-state index contributed by atoms with van der Waals surface area (Å²) >= 11 is 5.95. The molecule has 2 amide bonds. The van der Waals surface area contributed by atoms with Gasteiger partial charge in [0.2, 0.25) is 0 Å². The van der Waals surface area contributed by atoms with Crippen LogP contribution >= 0.6 is 11.6 Å². The number of carbonyl (C=O) groups is 2. The van der Waals surface area contributed by atoms with Crippen LogP contribution in [0, 0.1) is 6.92 Å². The van der Waals surface area contributed by atoms with E-state index in [4.69, 9.17) is 16.3 Å². The second-order valence-corrected chi connectivity index (χ2v) is 6.86. The maximum Gasteiger partial charge on any atom is 0.276 e. The number of hydrazine groups is 1. The van der Waals surface area contributed by atoms with Crippen LogP contribution in [0.15, 0.2) is 42.5 Å². The maximum absolute atomic E-state index is 12.2. The summed E-state index contributed by atoms with van der Waals surface area (Å²) in [6, 6.07) is 13.2. The van der Waals surface area contributed by atoms with E-state index in [9.17, 15) is 9.59 Å². The van der Waals surface area contributed by atoms with Crippen LogP contribution in [0.25, 0.3) is 0 Å². The van der Waals surface area contributed by atoms with Crippen LogP contribution < -0.4 is 20.5 Å². The van der Waals surface area contributed by atoms with E-state index in [0.29, 0.717) is 10.8 Å². The molecule has 1 aliphatic heterocycles. The summed E-state index contributed by atoms with van der Waals surface area (Å²) in [5.74, 6) is -0.166. The highest BCUT2D eigenvalue weighted by atomic mass is 35.5. The van der Waals surface area contributed by atoms with E-state index in [0.717, 1.165) is 30.6 Å². The normalized spacial score (nSPS) is 12.9. The Morgan fingerprint density at radius 2 is 1.93 bits per heavy atom. The van der Waals surface area contributed by atoms with Crippen LogP contribution in [0.1, 0.15) is 17.5 Å². The Morgan fingerprint density at radius 3 is 2.74 bits per heavy atom. The number of nitrogens with one attached hydrogen (secondary N) is 2. The molecule has 0 fully saturated rings. The predicted molar refractivity (Wildman–Crippen MR) is 105 cm³/mol. The van der Waals surface area contributed by atoms with Gasteiger partial charge < -0.3 is 9.64 Å². The van der Waals surface area contributed by atoms with Crippen LogP contribution in [-0.4, -0.2) is 31.5 Å². The number of ether oxygens (including phenoxy) is 1. The molecule has 0 aliphatic carbocycles. The fourth-order valence-corrected chi connectivity index (χ4v) is 3.14. The van der Waals surface area contributed by atoms with Gasteiger partial charge in [0.25, 0.3) is 11.8 Å². The summed E-state index contributed by atoms with van der Waals surface area (Å²) in [6.45, 7) is 2.66. The second kappa shape index (κ2) is 8.77. The van der Waals surface area contributed by atoms with Gasteiger partial charge in [0, 0.05) is 17.3 Å². The highest BCUT2D eigenvalue weighted by molar-refractivity contribution is 6.31. The molecule has 1 heterocycles. The van der Waals surface area contributed by atoms with Crippen molar-refractivity contribution in [3.63, 3.8) is 0 Å². The van der Waals surface area contributed by atoms with Crippen molar-refractivity contribution in [1.29, 1.82) is 0 Å². The Balaban J connectivity index is 1.44. The van der Waals surface area contributed by atoms with Crippen molar-refractivity contribution in [3.8, 4) is 5.75 Å². The van der Waals surface area contributed by atoms with E-state index in [2.05, 4.69) is 16.9 Å². The van der Waals surface area contributed by atoms with Gasteiger partial charge >= 0.3 is 0 Å². The van der Waals surface area contributed by atoms with Gasteiger partial charge in [-0.05, 0) is 55.2 Å². The van der Waals surface area contributed by atoms with Crippen molar-refractivity contribution >= 4 is 29.1 Å². The van der Waals surface area contributed by atoms with Gasteiger partial charge in [-0.25, -0.2) is 0 Å². The average molecular weight is 388 g/mol. The Morgan fingerprint density at radius 1 is 1.15 bits per heavy atom. The van der Waals surface area contributed by atoms with Crippen LogP contribution in [0.4, 0.5) is 5.69 Å². The number of nitrogens with zero attached hydrogens (tertiary/aromatic N) is 1. The highest BCUT2D eigenvalue weighted by Gasteiger charge is 2.18. The van der Waals surface area contributed by atoms with Gasteiger partial charge in [0.05, 0.1) is 6.54 Å². The summed E-state index contributed by atoms with van der Waals surface area (Å²) in [5, 5.41) is 0.637. The molecule has 0 saturated carbocycles. The van der Waals surface area contributed by atoms with E-state index < -0.39 is 5.91 Å². The third kappa shape index (κ3) is 5.14. The minimum absolute atomic E-state index is 0.189. The average Bonchev–Trinajstić information content (AvgIpc) is 2.67. The first-order valence-corrected chi connectivity index (χ1v) is 9.20. The number of hydrogen-bond donors (Lipinski definition) is 2. The molecule has 3 rings (SSSR count). The summed E-state index contributed by atoms with van der Waals surface area (Å²) in [6.07, 6.45) is 2.03. The molecular formula is C20H22ClN3O3. The molecule has 2 aromatic carbocycles. The fraction of sp³-hybridized carbons (Fsp3) is 0.300. The number of para-hydroxylation sites is 1. The molecule has 1 aliphatic rings. The minimum atomic E-state index is -0.435. The van der Waals surface area contributed by atoms with Crippen LogP contribution in [-0.2, 0) is 16.0 Å². The van der Waals surface area contributed by atoms with E-state index in [1.54, 1.807) is 18.2 Å². The van der Waals surface area contributed by atoms with Crippen LogP contribution in [0.3, 0.4) is 0 Å². The molecule has 0 aromatic heterocycles. The number of halogens is 1. The lowest BCUT2D eigenvalue weighted by molar-refractivity contribution is -0.129. The summed E-state index contributed by atoms with van der Waals surface area (Å²) in [4.78, 5) is 26.1. The standard InChI is InChI=1S/C20H22ClN3O3/c1-14-11-16(8-9-17(14)21)27-13-20(26)23-22-19(25)12-24-10-4-6-15-5-2-3-7-18(15)24/h2-3,5,7-9,11H,4,6,10,12-13H2,1H3,(H,22,25)(H,23,26). The Labute approximate surface area is 163 Å². The van der Waals surface area contributed by atoms with E-state index in [-0.39, 0.29) is 19.1 Å². The van der Waals surface area contributed by atoms with Crippen molar-refractivity contribution in [3.05, 3.63) is 58.6 Å². The summed E-state index contributed by atoms with van der Waals surface area (Å²) < 4.78 is 5.40. The third-order valence-corrected chi connectivity index (χ3v) is 4.81. The summed E-state index contributed by atoms with van der Waals surface area (Å²) in [7, 11) is 0. The first-order chi connectivity index (χ1) is 13.0. The molecule has 0 saturated heterocycles. The molecule has 6 nitrogen and oxygen atoms in total. The molecule has 0 radical (unpaired) electrons. The van der Waals surface area contributed by atoms with Gasteiger partial charge in [-0.15, -0.1) is 0 Å². The molecule has 0 unspecified atom stereocenters. The number of aryl methyl sites for hydroxylation is 2. The van der Waals surface area contributed by atoms with Crippen molar-refractivity contribution in [2.75, 3.05) is 24.6 Å². The number of rotatable bonds is 5. The number of carbonyl (C=O) groups excluding carboxylic acids is 2. The minimum Gasteiger partial charge on any atom is -0.484 e. The zero-order valence-electron chi connectivity index (χ0n) is 15.1. The van der Waals surface area contributed by atoms with Gasteiger partial charge in [-0.2, -0.15) is 0 Å². The molecule has 7 heteroatoms. The zero-order valence-corrected chi connectivity index (χ0v) is 15.9. The van der Waals surface area contributed by atoms with Gasteiger partial charge in [0.1, 0.15) is 5.75 Å². The van der Waals surface area contributed by atoms with Gasteiger partial charge in [-0.1, -0.05) is 29.8 Å². The van der Waals surface area contributed by atoms with Crippen LogP contribution in [0.5, 0.6) is 5.75 Å². The number of amides is 2. The molecular weight excluding hydrogens is 366 g/mol. The van der Waals surface area contributed by atoms with Gasteiger partial charge in [0.15, 0.2) is 6.61 Å². The Hall–Kier alpha value is -2.73. The van der Waals surface area contributed by atoms with Crippen molar-refractivity contribution in [1.82, 2.24) is 10.9 Å². The van der Waals surface area contributed by atoms with E-state index in [1.165, 1.54) is 5.56 Å². The molecule has 2 N–H and O–H groups in total. The smallest absolute Gasteiger partial charge is 0.276 e. The number of hydrogen-bond acceptors (Lipinski definition) is 4. The molecule has 0 bridgehead atoms. The second-order valence-electron chi connectivity index (χ2n) is 6.45. The largest absolute Gasteiger partial charge is 0.484 e. The Kier molecular flexibility index (Phi) is 6.19. The lowest BCUT2D eigenvalue weighted by Gasteiger charge is -2.30. The first-order valence-electron chi connectivity index (χ1n) is 8.82. The van der Waals surface area contributed by atoms with Crippen LogP contribution in [0.2, 0.25) is 5.02 Å². The van der Waals surface area contributed by atoms with Crippen molar-refractivity contribution < 1.29 is 14.3 Å². The first kappa shape index (κ1) is 19.0. The quantitative estimate of drug-likeness (QED) is 0.774. The number of anilines is 1. The van der Waals surface area contributed by atoms with Crippen molar-refractivity contribution in [2.45, 2.75) is 19.8 Å². The monoisotopic (exact) mass is 387 g/mol. The number of fused-ring (bicyclic) bond motifs is 1. The van der Waals surface area contributed by atoms with E-state index in [1.807, 2.05) is 30.0 Å². The SMILES string of the molecule is Cc1cc(OCC(=O)NNC(=O)CN2CCCc3ccccc32)ccc1Cl. The predicted octanol–water partition coefficient (Wildman–Crippen LogP) is 2.63. The molecule has 27 heavy (non-hydrogen) atoms. The summed E-state index contributed by atoms with van der Waals surface area (Å²) in [5.41, 5.74) is 8.00. The maximum atomic E-state index is 12.2. The number of benzene rings is 2. The lowest BCUT2D eigenvalue weighted by Crippen LogP contribution is -2.48. The van der Waals surface area contributed by atoms with Gasteiger partial charge in [-0.3, -0.25) is 20.4 Å². The topological polar surface area (TPSA) is 70.7 Å². The Bertz CT molecular complexity index is 841. The lowest BCUT2D eigenvalue weighted by atomic mass is 10.0. The molecule has 0 spiro atoms. The molecule has 0 atom stereocenters. The fourth-order valence-electron chi connectivity index (χ4n) is 3.02.